The molecule has 0 saturated carbocycles. The number of aliphatic hydroxyl groups excluding tert-OH is 1. The van der Waals surface area contributed by atoms with E-state index in [4.69, 9.17) is 4.74 Å². The van der Waals surface area contributed by atoms with Crippen LogP contribution in [0.25, 0.3) is 0 Å². The van der Waals surface area contributed by atoms with Gasteiger partial charge in [-0.3, -0.25) is 37.8 Å². The molecule has 7 amide bonds. The third kappa shape index (κ3) is 15.2. The quantitative estimate of drug-likeness (QED) is 0.0755. The average Bonchev–Trinajstić information content (AvgIpc) is 3.29. The number of benzene rings is 2. The standard InChI is InChI=1S/C48H67N7O12S/c1-8-10-12-17-38(57)49-34(24-25-68(7)66)43(60)53-41-29(5)67-48(65)40(28(3)4)52-44(61)36(26-31-18-20-32(56)21-19-31)54(6)47(64)37(27-30-15-13-11-14-16-30)55-39(58)23-22-35(46(55)63)51-42(59)33(9-2)50-45(41)62/h9,11,13-16,18-21,28-29,34-37,39-41,56,58H,8,10,12,17,22-27H2,1-7H3,(H,49,57)(H,50,62)(H,51,59)(H,52,61)(H,53,60)/t29-,34+,35+,36+,37+,39-,40+,41?,68-/m1/s1. The predicted octanol–water partition coefficient (Wildman–Crippen LogP) is 1.22. The molecule has 0 radical (unpaired) electrons. The summed E-state index contributed by atoms with van der Waals surface area (Å²) in [6.07, 6.45) is 1.52. The van der Waals surface area contributed by atoms with Crippen molar-refractivity contribution in [2.75, 3.05) is 19.1 Å². The van der Waals surface area contributed by atoms with E-state index in [0.717, 1.165) is 22.6 Å². The van der Waals surface area contributed by atoms with Crippen molar-refractivity contribution in [3.8, 4) is 5.75 Å². The first-order chi connectivity index (χ1) is 32.2. The lowest BCUT2D eigenvalue weighted by Crippen LogP contribution is -2.64. The number of rotatable bonds is 15. The number of aromatic hydroxyl groups is 1. The molecule has 2 saturated heterocycles. The Hall–Kier alpha value is -6.15. The Bertz CT molecular complexity index is 2170. The number of nitrogens with one attached hydrogen (secondary N) is 5. The summed E-state index contributed by atoms with van der Waals surface area (Å²) in [4.78, 5) is 116. The second-order valence-corrected chi connectivity index (χ2v) is 19.1. The number of piperidine rings is 1. The van der Waals surface area contributed by atoms with Crippen molar-refractivity contribution in [3.05, 3.63) is 77.5 Å². The summed E-state index contributed by atoms with van der Waals surface area (Å²) in [6, 6.07) is 6.13. The fourth-order valence-corrected chi connectivity index (χ4v) is 8.54. The van der Waals surface area contributed by atoms with E-state index in [2.05, 4.69) is 26.6 Å². The number of hydrogen-bond donors (Lipinski definition) is 7. The Morgan fingerprint density at radius 2 is 1.56 bits per heavy atom. The molecule has 9 atom stereocenters. The van der Waals surface area contributed by atoms with E-state index in [1.54, 1.807) is 56.3 Å². The molecule has 2 aromatic rings. The van der Waals surface area contributed by atoms with Gasteiger partial charge in [0.25, 0.3) is 11.8 Å². The van der Waals surface area contributed by atoms with Crippen molar-refractivity contribution in [1.29, 1.82) is 0 Å². The molecule has 372 valence electrons. The van der Waals surface area contributed by atoms with E-state index >= 15 is 0 Å². The fourth-order valence-electron chi connectivity index (χ4n) is 7.97. The number of fused-ring (bicyclic) bond motifs is 2. The van der Waals surface area contributed by atoms with Gasteiger partial charge < -0.3 is 51.3 Å². The van der Waals surface area contributed by atoms with Gasteiger partial charge in [0, 0.05) is 49.1 Å². The van der Waals surface area contributed by atoms with Crippen molar-refractivity contribution >= 4 is 58.1 Å². The maximum Gasteiger partial charge on any atom is 0.329 e. The largest absolute Gasteiger partial charge is 0.508 e. The molecule has 2 aliphatic heterocycles. The topological polar surface area (TPSA) is 270 Å². The second-order valence-electron chi connectivity index (χ2n) is 17.6. The first-order valence-electron chi connectivity index (χ1n) is 23.0. The molecule has 2 aliphatic rings. The number of phenols is 1. The number of carbonyl (C=O) groups excluding carboxylic acids is 8. The number of phenolic OH excluding ortho intramolecular Hbond substituents is 1. The van der Waals surface area contributed by atoms with Crippen molar-refractivity contribution < 1.29 is 57.5 Å². The summed E-state index contributed by atoms with van der Waals surface area (Å²) in [5.74, 6) is -7.37. The highest BCUT2D eigenvalue weighted by molar-refractivity contribution is 7.84. The highest BCUT2D eigenvalue weighted by Gasteiger charge is 2.45. The monoisotopic (exact) mass is 965 g/mol. The van der Waals surface area contributed by atoms with Gasteiger partial charge in [0.15, 0.2) is 0 Å². The lowest BCUT2D eigenvalue weighted by molar-refractivity contribution is -0.165. The summed E-state index contributed by atoms with van der Waals surface area (Å²) in [6.45, 7) is 7.97. The minimum absolute atomic E-state index is 0.0171. The van der Waals surface area contributed by atoms with Crippen LogP contribution in [0.4, 0.5) is 0 Å². The van der Waals surface area contributed by atoms with Gasteiger partial charge in [-0.15, -0.1) is 0 Å². The molecule has 19 nitrogen and oxygen atoms in total. The van der Waals surface area contributed by atoms with Gasteiger partial charge in [-0.2, -0.15) is 0 Å². The molecule has 4 rings (SSSR count). The number of esters is 1. The molecular formula is C48H67N7O12S. The highest BCUT2D eigenvalue weighted by atomic mass is 32.2. The zero-order chi connectivity index (χ0) is 50.2. The first kappa shape index (κ1) is 54.5. The van der Waals surface area contributed by atoms with Gasteiger partial charge in [0.2, 0.25) is 29.5 Å². The maximum absolute atomic E-state index is 15.0. The van der Waals surface area contributed by atoms with E-state index in [-0.39, 0.29) is 55.7 Å². The van der Waals surface area contributed by atoms with Gasteiger partial charge in [0.1, 0.15) is 60.0 Å². The molecule has 0 aromatic heterocycles. The summed E-state index contributed by atoms with van der Waals surface area (Å²) >= 11 is 0. The molecule has 20 heteroatoms. The predicted molar refractivity (Wildman–Crippen MR) is 252 cm³/mol. The Morgan fingerprint density at radius 3 is 2.18 bits per heavy atom. The van der Waals surface area contributed by atoms with Crippen LogP contribution < -0.4 is 26.6 Å². The molecule has 2 fully saturated rings. The summed E-state index contributed by atoms with van der Waals surface area (Å²) in [5, 5.41) is 34.5. The summed E-state index contributed by atoms with van der Waals surface area (Å²) < 4.78 is 18.0. The number of cyclic esters (lactones) is 1. The number of likely N-dealkylation sites (N-methyl/N-ethyl adjacent to an activating group) is 1. The van der Waals surface area contributed by atoms with Crippen LogP contribution in [0.3, 0.4) is 0 Å². The third-order valence-electron chi connectivity index (χ3n) is 12.0. The number of carbonyl (C=O) groups is 8. The summed E-state index contributed by atoms with van der Waals surface area (Å²) in [7, 11) is -0.00865. The minimum atomic E-state index is -1.74. The Morgan fingerprint density at radius 1 is 0.912 bits per heavy atom. The van der Waals surface area contributed by atoms with Crippen molar-refractivity contribution in [2.24, 2.45) is 5.92 Å². The lowest BCUT2D eigenvalue weighted by Gasteiger charge is -2.43. The molecule has 1 unspecified atom stereocenters. The van der Waals surface area contributed by atoms with E-state index in [9.17, 15) is 52.8 Å². The van der Waals surface area contributed by atoms with E-state index < -0.39 is 113 Å². The fraction of sp³-hybridized carbons (Fsp3) is 0.542. The Balaban J connectivity index is 1.83. The van der Waals surface area contributed by atoms with Crippen LogP contribution in [0, 0.1) is 5.92 Å². The smallest absolute Gasteiger partial charge is 0.329 e. The molecule has 2 bridgehead atoms. The van der Waals surface area contributed by atoms with E-state index in [0.29, 0.717) is 17.5 Å². The van der Waals surface area contributed by atoms with Crippen LogP contribution in [-0.4, -0.2) is 139 Å². The molecule has 0 spiro atoms. The number of amides is 7. The summed E-state index contributed by atoms with van der Waals surface area (Å²) in [5.41, 5.74) is 0.765. The number of unbranched alkanes of at least 4 members (excludes halogenated alkanes) is 2. The molecular weight excluding hydrogens is 899 g/mol. The third-order valence-corrected chi connectivity index (χ3v) is 12.8. The molecule has 68 heavy (non-hydrogen) atoms. The molecule has 2 heterocycles. The number of ether oxygens (including phenoxy) is 1. The Labute approximate surface area is 400 Å². The highest BCUT2D eigenvalue weighted by Crippen LogP contribution is 2.25. The van der Waals surface area contributed by atoms with Crippen molar-refractivity contribution in [2.45, 2.75) is 141 Å². The number of hydrogen-bond acceptors (Lipinski definition) is 12. The molecule has 7 N–H and O–H groups in total. The van der Waals surface area contributed by atoms with Crippen LogP contribution >= 0.6 is 0 Å². The number of aliphatic hydroxyl groups is 1. The second kappa shape index (κ2) is 25.8. The van der Waals surface area contributed by atoms with Crippen LogP contribution in [-0.2, 0) is 66.7 Å². The van der Waals surface area contributed by atoms with Crippen molar-refractivity contribution in [3.63, 3.8) is 0 Å². The maximum atomic E-state index is 15.0. The van der Waals surface area contributed by atoms with Crippen molar-refractivity contribution in [1.82, 2.24) is 36.4 Å². The normalized spacial score (nSPS) is 25.0. The SMILES string of the molecule is CC=C1NC(=O)C(NC(=O)[C@H](CC[S@@](C)=O)NC(=O)CCCCC)[C@@H](C)OC(=O)[C@H](C(C)C)NC(=O)[C@H](Cc2ccc(O)cc2)N(C)C(=O)[C@H](Cc2ccccc2)N2C(=O)[C@H](CC[C@H]2O)NC1=O. The number of allylic oxidation sites excluding steroid dienone is 1. The molecule has 2 aromatic carbocycles. The number of nitrogens with zero attached hydrogens (tertiary/aromatic N) is 2. The van der Waals surface area contributed by atoms with Gasteiger partial charge >= 0.3 is 5.97 Å². The van der Waals surface area contributed by atoms with Crippen LogP contribution in [0.15, 0.2) is 66.4 Å². The average molecular weight is 966 g/mol. The van der Waals surface area contributed by atoms with Gasteiger partial charge in [0.05, 0.1) is 0 Å². The van der Waals surface area contributed by atoms with E-state index in [1.165, 1.54) is 45.4 Å². The molecule has 0 aliphatic carbocycles. The lowest BCUT2D eigenvalue weighted by atomic mass is 9.95. The Kier molecular flexibility index (Phi) is 20.7. The first-order valence-corrected chi connectivity index (χ1v) is 24.8. The minimum Gasteiger partial charge on any atom is -0.508 e. The zero-order valence-electron chi connectivity index (χ0n) is 39.8. The van der Waals surface area contributed by atoms with Crippen LogP contribution in [0.1, 0.15) is 90.7 Å². The van der Waals surface area contributed by atoms with Crippen LogP contribution in [0.5, 0.6) is 5.75 Å². The van der Waals surface area contributed by atoms with E-state index in [1.807, 2.05) is 6.92 Å². The zero-order valence-corrected chi connectivity index (χ0v) is 40.6. The van der Waals surface area contributed by atoms with Gasteiger partial charge in [-0.1, -0.05) is 82.2 Å². The van der Waals surface area contributed by atoms with Crippen LogP contribution in [0.2, 0.25) is 0 Å². The van der Waals surface area contributed by atoms with Gasteiger partial charge in [-0.25, -0.2) is 4.79 Å². The van der Waals surface area contributed by atoms with Gasteiger partial charge in [-0.05, 0) is 68.7 Å².